The molecule has 0 unspecified atom stereocenters. The van der Waals surface area contributed by atoms with Gasteiger partial charge in [-0.15, -0.1) is 0 Å². The lowest BCUT2D eigenvalue weighted by atomic mass is 9.62. The van der Waals surface area contributed by atoms with Gasteiger partial charge in [-0.3, -0.25) is 4.52 Å². The van der Waals surface area contributed by atoms with Gasteiger partial charge in [0.2, 0.25) is 5.89 Å². The first-order chi connectivity index (χ1) is 6.69. The Morgan fingerprint density at radius 3 is 2.07 bits per heavy atom. The third-order valence-corrected chi connectivity index (χ3v) is 3.97. The number of rotatable bonds is 3. The van der Waals surface area contributed by atoms with E-state index < -0.39 is 5.82 Å². The molecule has 0 aliphatic carbocycles. The number of aromatic nitrogens is 1. The Morgan fingerprint density at radius 1 is 1.20 bits per heavy atom. The molecule has 4 nitrogen and oxygen atoms in total. The zero-order chi connectivity index (χ0) is 11.9. The van der Waals surface area contributed by atoms with Crippen LogP contribution in [0.4, 0.5) is 0 Å². The number of hydrogen-bond acceptors (Lipinski definition) is 4. The Morgan fingerprint density at radius 2 is 1.73 bits per heavy atom. The van der Waals surface area contributed by atoms with Gasteiger partial charge in [0, 0.05) is 0 Å². The Kier molecular flexibility index (Phi) is 2.81. The van der Waals surface area contributed by atoms with Crippen LogP contribution < -0.4 is 5.82 Å². The molecule has 0 saturated carbocycles. The van der Waals surface area contributed by atoms with Crippen LogP contribution in [0, 0.1) is 11.3 Å². The second-order valence-electron chi connectivity index (χ2n) is 5.34. The van der Waals surface area contributed by atoms with E-state index in [9.17, 15) is 4.79 Å². The van der Waals surface area contributed by atoms with E-state index in [4.69, 9.17) is 4.42 Å². The van der Waals surface area contributed by atoms with Gasteiger partial charge in [0.1, 0.15) is 0 Å². The molecule has 0 atom stereocenters. The van der Waals surface area contributed by atoms with Crippen molar-refractivity contribution in [1.82, 2.24) is 5.16 Å². The third-order valence-electron chi connectivity index (χ3n) is 3.97. The molecule has 1 heterocycles. The standard InChI is InChI=1S/C11H19NO3/c1-7(2)10(3,4)11(5,6)8-12-15-9(13)14-8/h7H,1-6H3. The van der Waals surface area contributed by atoms with Crippen molar-refractivity contribution in [3.63, 3.8) is 0 Å². The van der Waals surface area contributed by atoms with Crippen LogP contribution in [0.1, 0.15) is 47.4 Å². The molecule has 0 bridgehead atoms. The topological polar surface area (TPSA) is 56.2 Å². The smallest absolute Gasteiger partial charge is 0.374 e. The van der Waals surface area contributed by atoms with Crippen LogP contribution in [0.25, 0.3) is 0 Å². The van der Waals surface area contributed by atoms with Crippen LogP contribution in [0.3, 0.4) is 0 Å². The second-order valence-corrected chi connectivity index (χ2v) is 5.34. The van der Waals surface area contributed by atoms with Gasteiger partial charge in [-0.1, -0.05) is 41.5 Å². The van der Waals surface area contributed by atoms with Crippen LogP contribution in [0.15, 0.2) is 13.7 Å². The molecule has 0 amide bonds. The maximum atomic E-state index is 10.8. The Balaban J connectivity index is 3.17. The minimum absolute atomic E-state index is 0.0419. The minimum atomic E-state index is -0.738. The average Bonchev–Trinajstić information content (AvgIpc) is 2.51. The fourth-order valence-electron chi connectivity index (χ4n) is 1.43. The minimum Gasteiger partial charge on any atom is -0.374 e. The predicted molar refractivity (Wildman–Crippen MR) is 56.7 cm³/mol. The number of hydrogen-bond donors (Lipinski definition) is 0. The van der Waals surface area contributed by atoms with Gasteiger partial charge < -0.3 is 4.42 Å². The molecule has 0 radical (unpaired) electrons. The van der Waals surface area contributed by atoms with Gasteiger partial charge in [-0.05, 0) is 16.5 Å². The summed E-state index contributed by atoms with van der Waals surface area (Å²) in [6, 6.07) is 0. The molecular weight excluding hydrogens is 194 g/mol. The summed E-state index contributed by atoms with van der Waals surface area (Å²) in [6.45, 7) is 12.6. The third kappa shape index (κ3) is 1.85. The fraction of sp³-hybridized carbons (Fsp3) is 0.818. The summed E-state index contributed by atoms with van der Waals surface area (Å²) < 4.78 is 9.40. The van der Waals surface area contributed by atoms with Crippen LogP contribution >= 0.6 is 0 Å². The Labute approximate surface area is 89.6 Å². The lowest BCUT2D eigenvalue weighted by Crippen LogP contribution is -2.40. The predicted octanol–water partition coefficient (Wildman–Crippen LogP) is 2.59. The molecule has 1 aromatic rings. The fourth-order valence-corrected chi connectivity index (χ4v) is 1.43. The van der Waals surface area contributed by atoms with E-state index in [1.54, 1.807) is 0 Å². The molecule has 0 N–H and O–H groups in total. The number of nitrogens with zero attached hydrogens (tertiary/aromatic N) is 1. The first-order valence-electron chi connectivity index (χ1n) is 5.17. The van der Waals surface area contributed by atoms with Crippen LogP contribution in [-0.2, 0) is 5.41 Å². The molecule has 1 aromatic heterocycles. The largest absolute Gasteiger partial charge is 0.542 e. The maximum Gasteiger partial charge on any atom is 0.542 e. The van der Waals surface area contributed by atoms with E-state index in [1.807, 2.05) is 13.8 Å². The van der Waals surface area contributed by atoms with Crippen molar-refractivity contribution in [2.24, 2.45) is 11.3 Å². The van der Waals surface area contributed by atoms with Gasteiger partial charge in [0.15, 0.2) is 0 Å². The summed E-state index contributed by atoms with van der Waals surface area (Å²) >= 11 is 0. The SMILES string of the molecule is CC(C)C(C)(C)C(C)(C)c1noc(=O)o1. The van der Waals surface area contributed by atoms with E-state index in [2.05, 4.69) is 37.4 Å². The van der Waals surface area contributed by atoms with Crippen molar-refractivity contribution in [3.8, 4) is 0 Å². The van der Waals surface area contributed by atoms with E-state index in [-0.39, 0.29) is 10.8 Å². The molecule has 86 valence electrons. The summed E-state index contributed by atoms with van der Waals surface area (Å²) in [7, 11) is 0. The lowest BCUT2D eigenvalue weighted by Gasteiger charge is -2.41. The highest BCUT2D eigenvalue weighted by Gasteiger charge is 2.44. The zero-order valence-corrected chi connectivity index (χ0v) is 10.2. The van der Waals surface area contributed by atoms with E-state index >= 15 is 0 Å². The lowest BCUT2D eigenvalue weighted by molar-refractivity contribution is 0.0989. The summed E-state index contributed by atoms with van der Waals surface area (Å²) in [5, 5.41) is 3.68. The van der Waals surface area contributed by atoms with Gasteiger partial charge in [0.05, 0.1) is 5.41 Å². The molecule has 0 spiro atoms. The summed E-state index contributed by atoms with van der Waals surface area (Å²) in [4.78, 5) is 10.8. The van der Waals surface area contributed by atoms with Crippen molar-refractivity contribution in [3.05, 3.63) is 16.5 Å². The van der Waals surface area contributed by atoms with Crippen molar-refractivity contribution >= 4 is 0 Å². The molecule has 1 rings (SSSR count). The highest BCUT2D eigenvalue weighted by molar-refractivity contribution is 5.06. The van der Waals surface area contributed by atoms with E-state index in [0.717, 1.165) is 0 Å². The maximum absolute atomic E-state index is 10.8. The van der Waals surface area contributed by atoms with Gasteiger partial charge in [0.25, 0.3) is 0 Å². The first-order valence-corrected chi connectivity index (χ1v) is 5.17. The molecular formula is C11H19NO3. The monoisotopic (exact) mass is 213 g/mol. The summed E-state index contributed by atoms with van der Waals surface area (Å²) in [5.74, 6) is 0.0679. The van der Waals surface area contributed by atoms with Crippen LogP contribution in [0.2, 0.25) is 0 Å². The molecule has 0 aliphatic heterocycles. The van der Waals surface area contributed by atoms with Crippen molar-refractivity contribution in [1.29, 1.82) is 0 Å². The van der Waals surface area contributed by atoms with Gasteiger partial charge >= 0.3 is 5.82 Å². The van der Waals surface area contributed by atoms with Crippen LogP contribution in [0.5, 0.6) is 0 Å². The molecule has 0 aliphatic rings. The van der Waals surface area contributed by atoms with Crippen LogP contribution in [-0.4, -0.2) is 5.16 Å². The van der Waals surface area contributed by atoms with E-state index in [0.29, 0.717) is 11.8 Å². The average molecular weight is 213 g/mol. The van der Waals surface area contributed by atoms with Crippen molar-refractivity contribution in [2.45, 2.75) is 47.0 Å². The van der Waals surface area contributed by atoms with E-state index in [1.165, 1.54) is 0 Å². The molecule has 15 heavy (non-hydrogen) atoms. The van der Waals surface area contributed by atoms with Crippen molar-refractivity contribution < 1.29 is 8.94 Å². The normalized spacial score (nSPS) is 13.5. The quantitative estimate of drug-likeness (QED) is 0.774. The summed E-state index contributed by atoms with van der Waals surface area (Å²) in [6.07, 6.45) is 0. The zero-order valence-electron chi connectivity index (χ0n) is 10.2. The molecule has 4 heteroatoms. The first kappa shape index (κ1) is 12.0. The molecule has 0 fully saturated rings. The van der Waals surface area contributed by atoms with Crippen molar-refractivity contribution in [2.75, 3.05) is 0 Å². The Hall–Kier alpha value is -1.06. The molecule has 0 saturated heterocycles. The molecule has 0 aromatic carbocycles. The highest BCUT2D eigenvalue weighted by Crippen LogP contribution is 2.45. The second kappa shape index (κ2) is 3.51. The highest BCUT2D eigenvalue weighted by atomic mass is 16.6. The summed E-state index contributed by atoms with van der Waals surface area (Å²) in [5.41, 5.74) is -0.382. The Bertz CT molecular complexity index is 385. The van der Waals surface area contributed by atoms with Gasteiger partial charge in [-0.2, -0.15) is 0 Å². The van der Waals surface area contributed by atoms with Gasteiger partial charge in [-0.25, -0.2) is 4.79 Å².